The van der Waals surface area contributed by atoms with Crippen LogP contribution in [0.3, 0.4) is 0 Å². The molecular formula is C16H14O3. The second kappa shape index (κ2) is 4.35. The van der Waals surface area contributed by atoms with Gasteiger partial charge in [0, 0.05) is 10.9 Å². The predicted octanol–water partition coefficient (Wildman–Crippen LogP) is 4.12. The number of ether oxygens (including phenoxy) is 1. The first-order valence-corrected chi connectivity index (χ1v) is 6.05. The number of hydrogen-bond acceptors (Lipinski definition) is 3. The molecule has 0 fully saturated rings. The van der Waals surface area contributed by atoms with Crippen LogP contribution < -0.4 is 4.74 Å². The fourth-order valence-corrected chi connectivity index (χ4v) is 2.21. The molecule has 0 bridgehead atoms. The normalized spacial score (nSPS) is 10.8. The Kier molecular flexibility index (Phi) is 2.67. The SMILES string of the molecule is COc1ccc2oc(-c3ccc(O)cc3C)cc2c1. The Morgan fingerprint density at radius 2 is 1.89 bits per heavy atom. The topological polar surface area (TPSA) is 42.6 Å². The van der Waals surface area contributed by atoms with E-state index in [4.69, 9.17) is 9.15 Å². The molecule has 19 heavy (non-hydrogen) atoms. The summed E-state index contributed by atoms with van der Waals surface area (Å²) < 4.78 is 11.0. The van der Waals surface area contributed by atoms with Gasteiger partial charge in [0.05, 0.1) is 7.11 Å². The lowest BCUT2D eigenvalue weighted by Gasteiger charge is -2.02. The van der Waals surface area contributed by atoms with E-state index in [2.05, 4.69) is 0 Å². The number of phenols is 1. The van der Waals surface area contributed by atoms with Gasteiger partial charge in [-0.25, -0.2) is 0 Å². The summed E-state index contributed by atoms with van der Waals surface area (Å²) >= 11 is 0. The first-order chi connectivity index (χ1) is 9.17. The molecule has 0 radical (unpaired) electrons. The van der Waals surface area contributed by atoms with Crippen LogP contribution >= 0.6 is 0 Å². The monoisotopic (exact) mass is 254 g/mol. The molecule has 0 saturated carbocycles. The van der Waals surface area contributed by atoms with E-state index in [9.17, 15) is 5.11 Å². The van der Waals surface area contributed by atoms with Crippen LogP contribution in [0.2, 0.25) is 0 Å². The number of fused-ring (bicyclic) bond motifs is 1. The van der Waals surface area contributed by atoms with Crippen molar-refractivity contribution < 1.29 is 14.3 Å². The summed E-state index contributed by atoms with van der Waals surface area (Å²) in [4.78, 5) is 0. The molecule has 2 aromatic carbocycles. The van der Waals surface area contributed by atoms with Crippen LogP contribution in [0.1, 0.15) is 5.56 Å². The molecule has 0 atom stereocenters. The van der Waals surface area contributed by atoms with E-state index in [0.29, 0.717) is 0 Å². The highest BCUT2D eigenvalue weighted by molar-refractivity contribution is 5.84. The molecule has 96 valence electrons. The Labute approximate surface area is 111 Å². The van der Waals surface area contributed by atoms with Crippen LogP contribution in [0.4, 0.5) is 0 Å². The first-order valence-electron chi connectivity index (χ1n) is 6.05. The highest BCUT2D eigenvalue weighted by Crippen LogP contribution is 2.32. The number of aromatic hydroxyl groups is 1. The molecule has 1 aromatic heterocycles. The summed E-state index contributed by atoms with van der Waals surface area (Å²) in [5.41, 5.74) is 2.78. The standard InChI is InChI=1S/C16H14O3/c1-10-7-12(17)3-5-14(10)16-9-11-8-13(18-2)4-6-15(11)19-16/h3-9,17H,1-2H3. The average Bonchev–Trinajstić information content (AvgIpc) is 2.80. The molecule has 0 aliphatic carbocycles. The van der Waals surface area contributed by atoms with Crippen LogP contribution in [-0.4, -0.2) is 12.2 Å². The molecule has 3 rings (SSSR count). The van der Waals surface area contributed by atoms with Gasteiger partial charge in [-0.2, -0.15) is 0 Å². The smallest absolute Gasteiger partial charge is 0.135 e. The van der Waals surface area contributed by atoms with Gasteiger partial charge in [-0.15, -0.1) is 0 Å². The van der Waals surface area contributed by atoms with Crippen LogP contribution in [0.25, 0.3) is 22.3 Å². The number of benzene rings is 2. The Hall–Kier alpha value is -2.42. The highest BCUT2D eigenvalue weighted by atomic mass is 16.5. The summed E-state index contributed by atoms with van der Waals surface area (Å²) in [6, 6.07) is 12.9. The molecule has 1 heterocycles. The minimum Gasteiger partial charge on any atom is -0.508 e. The summed E-state index contributed by atoms with van der Waals surface area (Å²) in [6.45, 7) is 1.95. The summed E-state index contributed by atoms with van der Waals surface area (Å²) in [7, 11) is 1.65. The highest BCUT2D eigenvalue weighted by Gasteiger charge is 2.09. The average molecular weight is 254 g/mol. The van der Waals surface area contributed by atoms with E-state index in [1.54, 1.807) is 19.2 Å². The Morgan fingerprint density at radius 3 is 2.63 bits per heavy atom. The van der Waals surface area contributed by atoms with Gasteiger partial charge >= 0.3 is 0 Å². The fraction of sp³-hybridized carbons (Fsp3) is 0.125. The maximum Gasteiger partial charge on any atom is 0.135 e. The first kappa shape index (κ1) is 11.7. The van der Waals surface area contributed by atoms with Crippen molar-refractivity contribution in [1.29, 1.82) is 0 Å². The zero-order valence-corrected chi connectivity index (χ0v) is 10.8. The van der Waals surface area contributed by atoms with Gasteiger partial charge in [-0.05, 0) is 55.0 Å². The summed E-state index contributed by atoms with van der Waals surface area (Å²) in [5.74, 6) is 1.86. The van der Waals surface area contributed by atoms with E-state index in [1.165, 1.54) is 0 Å². The van der Waals surface area contributed by atoms with Crippen molar-refractivity contribution in [2.45, 2.75) is 6.92 Å². The molecule has 3 nitrogen and oxygen atoms in total. The minimum atomic E-state index is 0.263. The maximum atomic E-state index is 9.45. The molecule has 0 amide bonds. The van der Waals surface area contributed by atoms with E-state index in [1.807, 2.05) is 37.3 Å². The third-order valence-electron chi connectivity index (χ3n) is 3.20. The molecule has 0 unspecified atom stereocenters. The van der Waals surface area contributed by atoms with Crippen LogP contribution in [-0.2, 0) is 0 Å². The van der Waals surface area contributed by atoms with Crippen LogP contribution in [0.5, 0.6) is 11.5 Å². The molecule has 0 aliphatic rings. The van der Waals surface area contributed by atoms with Gasteiger partial charge in [0.15, 0.2) is 0 Å². The van der Waals surface area contributed by atoms with Gasteiger partial charge in [0.2, 0.25) is 0 Å². The van der Waals surface area contributed by atoms with E-state index >= 15 is 0 Å². The van der Waals surface area contributed by atoms with Crippen molar-refractivity contribution in [2.75, 3.05) is 7.11 Å². The zero-order valence-electron chi connectivity index (χ0n) is 10.8. The third-order valence-corrected chi connectivity index (χ3v) is 3.20. The molecule has 3 aromatic rings. The lowest BCUT2D eigenvalue weighted by molar-refractivity contribution is 0.415. The van der Waals surface area contributed by atoms with Crippen LogP contribution in [0.15, 0.2) is 46.9 Å². The van der Waals surface area contributed by atoms with Crippen LogP contribution in [0, 0.1) is 6.92 Å². The van der Waals surface area contributed by atoms with Crippen molar-refractivity contribution >= 4 is 11.0 Å². The fourth-order valence-electron chi connectivity index (χ4n) is 2.21. The van der Waals surface area contributed by atoms with Crippen molar-refractivity contribution in [3.05, 3.63) is 48.0 Å². The molecule has 1 N–H and O–H groups in total. The van der Waals surface area contributed by atoms with Gasteiger partial charge in [-0.3, -0.25) is 0 Å². The minimum absolute atomic E-state index is 0.263. The van der Waals surface area contributed by atoms with Gasteiger partial charge in [-0.1, -0.05) is 0 Å². The lowest BCUT2D eigenvalue weighted by Crippen LogP contribution is -1.80. The van der Waals surface area contributed by atoms with Crippen molar-refractivity contribution in [3.63, 3.8) is 0 Å². The number of aryl methyl sites for hydroxylation is 1. The second-order valence-electron chi connectivity index (χ2n) is 4.51. The quantitative estimate of drug-likeness (QED) is 0.748. The summed E-state index contributed by atoms with van der Waals surface area (Å²) in [6.07, 6.45) is 0. The number of phenolic OH excluding ortho intramolecular Hbond substituents is 1. The largest absolute Gasteiger partial charge is 0.508 e. The zero-order chi connectivity index (χ0) is 13.4. The molecule has 0 aliphatic heterocycles. The van der Waals surface area contributed by atoms with Gasteiger partial charge < -0.3 is 14.3 Å². The van der Waals surface area contributed by atoms with Crippen molar-refractivity contribution in [2.24, 2.45) is 0 Å². The van der Waals surface area contributed by atoms with Crippen molar-refractivity contribution in [3.8, 4) is 22.8 Å². The Morgan fingerprint density at radius 1 is 1.05 bits per heavy atom. The number of furan rings is 1. The molecule has 3 heteroatoms. The summed E-state index contributed by atoms with van der Waals surface area (Å²) in [5, 5.41) is 10.4. The Balaban J connectivity index is 2.14. The van der Waals surface area contributed by atoms with Crippen molar-refractivity contribution in [1.82, 2.24) is 0 Å². The molecule has 0 spiro atoms. The van der Waals surface area contributed by atoms with Gasteiger partial charge in [0.1, 0.15) is 22.8 Å². The number of rotatable bonds is 2. The third kappa shape index (κ3) is 2.03. The second-order valence-corrected chi connectivity index (χ2v) is 4.51. The van der Waals surface area contributed by atoms with E-state index < -0.39 is 0 Å². The predicted molar refractivity (Wildman–Crippen MR) is 74.6 cm³/mol. The van der Waals surface area contributed by atoms with E-state index in [0.717, 1.165) is 33.6 Å². The number of hydrogen-bond donors (Lipinski definition) is 1. The maximum absolute atomic E-state index is 9.45. The molecule has 0 saturated heterocycles. The van der Waals surface area contributed by atoms with E-state index in [-0.39, 0.29) is 5.75 Å². The molecular weight excluding hydrogens is 240 g/mol. The Bertz CT molecular complexity index is 741. The lowest BCUT2D eigenvalue weighted by atomic mass is 10.1. The van der Waals surface area contributed by atoms with Gasteiger partial charge in [0.25, 0.3) is 0 Å². The number of methoxy groups -OCH3 is 1.